The largest absolute Gasteiger partial charge is 0.366 e. The average Bonchev–Trinajstić information content (AvgIpc) is 2.64. The first-order valence-electron chi connectivity index (χ1n) is 8.84. The second-order valence-corrected chi connectivity index (χ2v) is 6.94. The van der Waals surface area contributed by atoms with Crippen molar-refractivity contribution < 1.29 is 9.18 Å². The highest BCUT2D eigenvalue weighted by atomic mass is 79.9. The van der Waals surface area contributed by atoms with Crippen molar-refractivity contribution in [2.75, 3.05) is 13.1 Å². The normalized spacial score (nSPS) is 11.3. The van der Waals surface area contributed by atoms with Crippen molar-refractivity contribution in [3.63, 3.8) is 0 Å². The molecule has 5 nitrogen and oxygen atoms in total. The van der Waals surface area contributed by atoms with E-state index in [-0.39, 0.29) is 5.82 Å². The molecule has 2 aromatic rings. The van der Waals surface area contributed by atoms with Gasteiger partial charge in [-0.05, 0) is 55.2 Å². The molecule has 0 aliphatic carbocycles. The van der Waals surface area contributed by atoms with Crippen LogP contribution in [0, 0.1) is 5.82 Å². The molecule has 7 heteroatoms. The van der Waals surface area contributed by atoms with E-state index < -0.39 is 5.91 Å². The van der Waals surface area contributed by atoms with Crippen molar-refractivity contribution in [3.05, 3.63) is 69.4 Å². The minimum Gasteiger partial charge on any atom is -0.366 e. The fraction of sp³-hybridized carbons (Fsp3) is 0.300. The lowest BCUT2D eigenvalue weighted by Gasteiger charge is -2.11. The highest BCUT2D eigenvalue weighted by Gasteiger charge is 2.04. The first-order valence-corrected chi connectivity index (χ1v) is 9.63. The molecule has 2 aromatic carbocycles. The Bertz CT molecular complexity index is 793. The molecule has 144 valence electrons. The monoisotopic (exact) mass is 434 g/mol. The fourth-order valence-corrected chi connectivity index (χ4v) is 2.83. The van der Waals surface area contributed by atoms with E-state index in [1.165, 1.54) is 6.07 Å². The lowest BCUT2D eigenvalue weighted by molar-refractivity contribution is 0.100. The third-order valence-electron chi connectivity index (χ3n) is 3.93. The van der Waals surface area contributed by atoms with Gasteiger partial charge in [0.25, 0.3) is 0 Å². The van der Waals surface area contributed by atoms with Gasteiger partial charge in [0.2, 0.25) is 5.91 Å². The average molecular weight is 435 g/mol. The molecule has 0 atom stereocenters. The fourth-order valence-electron chi connectivity index (χ4n) is 2.50. The number of primary amides is 1. The van der Waals surface area contributed by atoms with Crippen LogP contribution in [-0.2, 0) is 13.0 Å². The van der Waals surface area contributed by atoms with Crippen LogP contribution in [0.15, 0.2) is 51.9 Å². The smallest absolute Gasteiger partial charge is 0.248 e. The number of carbonyl (C=O) groups excluding carboxylic acids is 1. The molecule has 0 fully saturated rings. The van der Waals surface area contributed by atoms with E-state index in [2.05, 4.69) is 31.6 Å². The minimum absolute atomic E-state index is 0.190. The zero-order chi connectivity index (χ0) is 19.6. The van der Waals surface area contributed by atoms with E-state index in [0.29, 0.717) is 36.6 Å². The molecule has 0 radical (unpaired) electrons. The molecule has 1 amide bonds. The summed E-state index contributed by atoms with van der Waals surface area (Å²) in [4.78, 5) is 15.6. The van der Waals surface area contributed by atoms with Crippen LogP contribution in [-0.4, -0.2) is 25.0 Å². The van der Waals surface area contributed by atoms with Crippen LogP contribution in [0.3, 0.4) is 0 Å². The summed E-state index contributed by atoms with van der Waals surface area (Å²) in [6.07, 6.45) is 1.44. The quantitative estimate of drug-likeness (QED) is 0.338. The van der Waals surface area contributed by atoms with E-state index in [4.69, 9.17) is 5.73 Å². The standard InChI is InChI=1S/C20H24BrFN4O/c1-2-24-20(26-13-14-5-7-16(8-6-14)19(23)27)25-11-3-4-15-9-10-17(21)12-18(15)22/h5-10,12H,2-4,11,13H2,1H3,(H2,23,27)(H2,24,25,26). The highest BCUT2D eigenvalue weighted by Crippen LogP contribution is 2.16. The number of halogens is 2. The van der Waals surface area contributed by atoms with Crippen LogP contribution in [0.2, 0.25) is 0 Å². The van der Waals surface area contributed by atoms with Gasteiger partial charge in [0.15, 0.2) is 5.96 Å². The van der Waals surface area contributed by atoms with Crippen LogP contribution in [0.25, 0.3) is 0 Å². The van der Waals surface area contributed by atoms with E-state index in [9.17, 15) is 9.18 Å². The SMILES string of the molecule is CCNC(=NCc1ccc(C(N)=O)cc1)NCCCc1ccc(Br)cc1F. The van der Waals surface area contributed by atoms with Gasteiger partial charge in [0.1, 0.15) is 5.82 Å². The topological polar surface area (TPSA) is 79.5 Å². The number of hydrogen-bond donors (Lipinski definition) is 3. The number of nitrogens with zero attached hydrogens (tertiary/aromatic N) is 1. The molecule has 0 aromatic heterocycles. The zero-order valence-electron chi connectivity index (χ0n) is 15.3. The van der Waals surface area contributed by atoms with Crippen LogP contribution >= 0.6 is 15.9 Å². The van der Waals surface area contributed by atoms with E-state index in [0.717, 1.165) is 23.0 Å². The Kier molecular flexibility index (Phi) is 8.26. The minimum atomic E-state index is -0.442. The molecule has 0 saturated carbocycles. The van der Waals surface area contributed by atoms with Crippen molar-refractivity contribution in [3.8, 4) is 0 Å². The Balaban J connectivity index is 1.84. The van der Waals surface area contributed by atoms with Gasteiger partial charge in [0, 0.05) is 23.1 Å². The Hall–Kier alpha value is -2.41. The predicted molar refractivity (Wildman–Crippen MR) is 110 cm³/mol. The third kappa shape index (κ3) is 7.02. The first-order chi connectivity index (χ1) is 13.0. The molecule has 0 bridgehead atoms. The van der Waals surface area contributed by atoms with E-state index in [1.54, 1.807) is 18.2 Å². The Morgan fingerprint density at radius 3 is 2.56 bits per heavy atom. The maximum Gasteiger partial charge on any atom is 0.248 e. The van der Waals surface area contributed by atoms with E-state index in [1.807, 2.05) is 25.1 Å². The molecule has 0 aliphatic rings. The summed E-state index contributed by atoms with van der Waals surface area (Å²) in [7, 11) is 0. The first kappa shape index (κ1) is 20.9. The number of hydrogen-bond acceptors (Lipinski definition) is 2. The number of nitrogens with one attached hydrogen (secondary N) is 2. The van der Waals surface area contributed by atoms with Crippen LogP contribution < -0.4 is 16.4 Å². The summed E-state index contributed by atoms with van der Waals surface area (Å²) in [5.41, 5.74) is 7.41. The van der Waals surface area contributed by atoms with Gasteiger partial charge in [-0.1, -0.05) is 34.1 Å². The van der Waals surface area contributed by atoms with Crippen molar-refractivity contribution in [2.24, 2.45) is 10.7 Å². The number of aryl methyl sites for hydroxylation is 1. The summed E-state index contributed by atoms with van der Waals surface area (Å²) >= 11 is 3.26. The molecular weight excluding hydrogens is 411 g/mol. The lowest BCUT2D eigenvalue weighted by Crippen LogP contribution is -2.37. The maximum absolute atomic E-state index is 13.8. The lowest BCUT2D eigenvalue weighted by atomic mass is 10.1. The number of carbonyl (C=O) groups is 1. The number of guanidine groups is 1. The van der Waals surface area contributed by atoms with Crippen molar-refractivity contribution in [2.45, 2.75) is 26.3 Å². The van der Waals surface area contributed by atoms with Gasteiger partial charge in [-0.15, -0.1) is 0 Å². The van der Waals surface area contributed by atoms with Crippen molar-refractivity contribution >= 4 is 27.8 Å². The summed E-state index contributed by atoms with van der Waals surface area (Å²) in [5, 5.41) is 6.44. The maximum atomic E-state index is 13.8. The molecule has 0 saturated heterocycles. The summed E-state index contributed by atoms with van der Waals surface area (Å²) < 4.78 is 14.6. The van der Waals surface area contributed by atoms with Crippen LogP contribution in [0.1, 0.15) is 34.8 Å². The molecular formula is C20H24BrFN4O. The number of nitrogens with two attached hydrogens (primary N) is 1. The second-order valence-electron chi connectivity index (χ2n) is 6.02. The number of amides is 1. The Morgan fingerprint density at radius 1 is 1.19 bits per heavy atom. The number of aliphatic imine (C=N–C) groups is 1. The number of benzene rings is 2. The summed E-state index contributed by atoms with van der Waals surface area (Å²) in [6.45, 7) is 3.90. The highest BCUT2D eigenvalue weighted by molar-refractivity contribution is 9.10. The second kappa shape index (κ2) is 10.7. The van der Waals surface area contributed by atoms with Gasteiger partial charge >= 0.3 is 0 Å². The van der Waals surface area contributed by atoms with E-state index >= 15 is 0 Å². The summed E-state index contributed by atoms with van der Waals surface area (Å²) in [6, 6.07) is 12.2. The number of rotatable bonds is 8. The van der Waals surface area contributed by atoms with Crippen LogP contribution in [0.5, 0.6) is 0 Å². The van der Waals surface area contributed by atoms with Crippen molar-refractivity contribution in [1.29, 1.82) is 0 Å². The van der Waals surface area contributed by atoms with Gasteiger partial charge in [-0.3, -0.25) is 4.79 Å². The van der Waals surface area contributed by atoms with Gasteiger partial charge in [-0.2, -0.15) is 0 Å². The Labute approximate surface area is 167 Å². The Morgan fingerprint density at radius 2 is 1.93 bits per heavy atom. The molecule has 0 aliphatic heterocycles. The molecule has 0 spiro atoms. The molecule has 4 N–H and O–H groups in total. The molecule has 0 heterocycles. The molecule has 27 heavy (non-hydrogen) atoms. The van der Waals surface area contributed by atoms with Gasteiger partial charge in [0.05, 0.1) is 6.54 Å². The molecule has 0 unspecified atom stereocenters. The van der Waals surface area contributed by atoms with Crippen LogP contribution in [0.4, 0.5) is 4.39 Å². The molecule has 2 rings (SSSR count). The zero-order valence-corrected chi connectivity index (χ0v) is 16.9. The van der Waals surface area contributed by atoms with Gasteiger partial charge < -0.3 is 16.4 Å². The van der Waals surface area contributed by atoms with Gasteiger partial charge in [-0.25, -0.2) is 9.38 Å². The van der Waals surface area contributed by atoms with Crippen molar-refractivity contribution in [1.82, 2.24) is 10.6 Å². The summed E-state index contributed by atoms with van der Waals surface area (Å²) in [5.74, 6) is 0.0689. The third-order valence-corrected chi connectivity index (χ3v) is 4.43. The predicted octanol–water partition coefficient (Wildman–Crippen LogP) is 3.38.